The van der Waals surface area contributed by atoms with Crippen LogP contribution < -0.4 is 5.32 Å². The van der Waals surface area contributed by atoms with Gasteiger partial charge in [-0.2, -0.15) is 0 Å². The second-order valence-electron chi connectivity index (χ2n) is 5.02. The summed E-state index contributed by atoms with van der Waals surface area (Å²) in [5.74, 6) is 2.55. The number of aryl methyl sites for hydroxylation is 1. The van der Waals surface area contributed by atoms with Crippen molar-refractivity contribution in [2.24, 2.45) is 11.8 Å². The lowest BCUT2D eigenvalue weighted by Gasteiger charge is -2.47. The summed E-state index contributed by atoms with van der Waals surface area (Å²) in [6.45, 7) is 4.52. The first-order valence-corrected chi connectivity index (χ1v) is 5.98. The molecule has 80 valence electrons. The van der Waals surface area contributed by atoms with Crippen molar-refractivity contribution in [2.75, 3.05) is 13.1 Å². The van der Waals surface area contributed by atoms with Crippen LogP contribution in [0.15, 0.2) is 18.3 Å². The van der Waals surface area contributed by atoms with Crippen LogP contribution in [0.1, 0.15) is 30.0 Å². The molecule has 2 heterocycles. The highest BCUT2D eigenvalue weighted by atomic mass is 14.9. The van der Waals surface area contributed by atoms with Gasteiger partial charge in [0.1, 0.15) is 0 Å². The van der Waals surface area contributed by atoms with Crippen LogP contribution in [0.25, 0.3) is 0 Å². The van der Waals surface area contributed by atoms with Crippen LogP contribution in [0.3, 0.4) is 0 Å². The lowest BCUT2D eigenvalue weighted by molar-refractivity contribution is 0.0909. The van der Waals surface area contributed by atoms with E-state index >= 15 is 0 Å². The fourth-order valence-corrected chi connectivity index (χ4v) is 3.04. The zero-order chi connectivity index (χ0) is 10.3. The van der Waals surface area contributed by atoms with E-state index in [9.17, 15) is 0 Å². The van der Waals surface area contributed by atoms with E-state index in [-0.39, 0.29) is 0 Å². The highest BCUT2D eigenvalue weighted by Gasteiger charge is 2.43. The van der Waals surface area contributed by atoms with Crippen molar-refractivity contribution in [1.82, 2.24) is 10.3 Å². The minimum absolute atomic E-state index is 0.725. The average molecular weight is 202 g/mol. The molecule has 15 heavy (non-hydrogen) atoms. The van der Waals surface area contributed by atoms with Gasteiger partial charge in [0, 0.05) is 17.8 Å². The first-order valence-electron chi connectivity index (χ1n) is 5.98. The summed E-state index contributed by atoms with van der Waals surface area (Å²) in [6, 6.07) is 4.40. The quantitative estimate of drug-likeness (QED) is 0.754. The summed E-state index contributed by atoms with van der Waals surface area (Å²) in [6.07, 6.45) is 4.73. The predicted octanol–water partition coefficient (Wildman–Crippen LogP) is 2.10. The molecule has 0 aromatic carbocycles. The second-order valence-corrected chi connectivity index (χ2v) is 5.02. The van der Waals surface area contributed by atoms with Gasteiger partial charge in [0.2, 0.25) is 0 Å². The summed E-state index contributed by atoms with van der Waals surface area (Å²) >= 11 is 0. The van der Waals surface area contributed by atoms with E-state index in [0.29, 0.717) is 0 Å². The Labute approximate surface area is 91.1 Å². The molecule has 1 aliphatic carbocycles. The van der Waals surface area contributed by atoms with Crippen LogP contribution in [0.4, 0.5) is 0 Å². The van der Waals surface area contributed by atoms with Crippen molar-refractivity contribution in [1.29, 1.82) is 0 Å². The van der Waals surface area contributed by atoms with Gasteiger partial charge in [-0.05, 0) is 56.3 Å². The molecule has 2 aliphatic rings. The molecule has 0 radical (unpaired) electrons. The van der Waals surface area contributed by atoms with Crippen LogP contribution in [0, 0.1) is 18.8 Å². The second kappa shape index (κ2) is 3.60. The average Bonchev–Trinajstić information content (AvgIpc) is 2.23. The number of aromatic nitrogens is 1. The summed E-state index contributed by atoms with van der Waals surface area (Å²) in [5, 5.41) is 3.50. The first-order chi connectivity index (χ1) is 7.34. The third-order valence-electron chi connectivity index (χ3n) is 4.07. The SMILES string of the molecule is Cc1ccc([C@H]2C[C@@H]3CCNC[C@@H]32)nc1. The van der Waals surface area contributed by atoms with E-state index in [4.69, 9.17) is 0 Å². The molecule has 0 amide bonds. The third-order valence-corrected chi connectivity index (χ3v) is 4.07. The molecule has 1 saturated carbocycles. The third kappa shape index (κ3) is 1.57. The normalized spacial score (nSPS) is 34.3. The number of hydrogen-bond donors (Lipinski definition) is 1. The van der Waals surface area contributed by atoms with Crippen LogP contribution >= 0.6 is 0 Å². The van der Waals surface area contributed by atoms with Crippen molar-refractivity contribution in [3.63, 3.8) is 0 Å². The van der Waals surface area contributed by atoms with Crippen molar-refractivity contribution in [3.05, 3.63) is 29.6 Å². The molecule has 0 spiro atoms. The van der Waals surface area contributed by atoms with Crippen LogP contribution in [-0.4, -0.2) is 18.1 Å². The van der Waals surface area contributed by atoms with E-state index in [0.717, 1.165) is 17.8 Å². The Morgan fingerprint density at radius 3 is 3.07 bits per heavy atom. The van der Waals surface area contributed by atoms with Gasteiger partial charge < -0.3 is 5.32 Å². The molecular weight excluding hydrogens is 184 g/mol. The molecule has 1 saturated heterocycles. The zero-order valence-electron chi connectivity index (χ0n) is 9.24. The Morgan fingerprint density at radius 1 is 1.40 bits per heavy atom. The maximum Gasteiger partial charge on any atom is 0.0438 e. The Kier molecular flexibility index (Phi) is 2.24. The van der Waals surface area contributed by atoms with Gasteiger partial charge in [0.25, 0.3) is 0 Å². The first kappa shape index (κ1) is 9.34. The molecule has 3 atom stereocenters. The van der Waals surface area contributed by atoms with Crippen molar-refractivity contribution >= 4 is 0 Å². The Bertz CT molecular complexity index is 344. The van der Waals surface area contributed by atoms with Crippen molar-refractivity contribution < 1.29 is 0 Å². The molecule has 2 nitrogen and oxygen atoms in total. The fraction of sp³-hybridized carbons (Fsp3) is 0.615. The molecule has 2 heteroatoms. The highest BCUT2D eigenvalue weighted by Crippen LogP contribution is 2.49. The predicted molar refractivity (Wildman–Crippen MR) is 60.8 cm³/mol. The molecule has 3 rings (SSSR count). The Balaban J connectivity index is 1.76. The topological polar surface area (TPSA) is 24.9 Å². The van der Waals surface area contributed by atoms with Gasteiger partial charge in [-0.1, -0.05) is 6.07 Å². The van der Waals surface area contributed by atoms with E-state index in [1.54, 1.807) is 0 Å². The minimum Gasteiger partial charge on any atom is -0.316 e. The van der Waals surface area contributed by atoms with Crippen LogP contribution in [0.2, 0.25) is 0 Å². The summed E-state index contributed by atoms with van der Waals surface area (Å²) in [4.78, 5) is 4.56. The molecule has 1 aromatic heterocycles. The number of nitrogens with zero attached hydrogens (tertiary/aromatic N) is 1. The summed E-state index contributed by atoms with van der Waals surface area (Å²) in [5.41, 5.74) is 2.57. The van der Waals surface area contributed by atoms with Crippen molar-refractivity contribution in [2.45, 2.75) is 25.7 Å². The van der Waals surface area contributed by atoms with Gasteiger partial charge in [0.15, 0.2) is 0 Å². The minimum atomic E-state index is 0.725. The van der Waals surface area contributed by atoms with Gasteiger partial charge in [-0.25, -0.2) is 0 Å². The number of pyridine rings is 1. The van der Waals surface area contributed by atoms with Gasteiger partial charge in [-0.15, -0.1) is 0 Å². The molecule has 1 N–H and O–H groups in total. The van der Waals surface area contributed by atoms with Gasteiger partial charge in [0.05, 0.1) is 0 Å². The molecular formula is C13H18N2. The highest BCUT2D eigenvalue weighted by molar-refractivity contribution is 5.20. The number of fused-ring (bicyclic) bond motifs is 1. The molecule has 2 fully saturated rings. The van der Waals surface area contributed by atoms with Crippen molar-refractivity contribution in [3.8, 4) is 0 Å². The number of nitrogens with one attached hydrogen (secondary N) is 1. The number of rotatable bonds is 1. The number of piperidine rings is 1. The largest absolute Gasteiger partial charge is 0.316 e. The summed E-state index contributed by atoms with van der Waals surface area (Å²) < 4.78 is 0. The Morgan fingerprint density at radius 2 is 2.33 bits per heavy atom. The van der Waals surface area contributed by atoms with E-state index in [1.807, 2.05) is 6.20 Å². The van der Waals surface area contributed by atoms with Crippen LogP contribution in [-0.2, 0) is 0 Å². The molecule has 0 bridgehead atoms. The van der Waals surface area contributed by atoms with Crippen LogP contribution in [0.5, 0.6) is 0 Å². The smallest absolute Gasteiger partial charge is 0.0438 e. The summed E-state index contributed by atoms with van der Waals surface area (Å²) in [7, 11) is 0. The van der Waals surface area contributed by atoms with E-state index in [2.05, 4.69) is 29.4 Å². The lowest BCUT2D eigenvalue weighted by Crippen LogP contribution is -2.47. The molecule has 1 aliphatic heterocycles. The van der Waals surface area contributed by atoms with E-state index in [1.165, 1.54) is 37.2 Å². The maximum atomic E-state index is 4.56. The zero-order valence-corrected chi connectivity index (χ0v) is 9.24. The maximum absolute atomic E-state index is 4.56. The van der Waals surface area contributed by atoms with E-state index < -0.39 is 0 Å². The Hall–Kier alpha value is -0.890. The monoisotopic (exact) mass is 202 g/mol. The van der Waals surface area contributed by atoms with Gasteiger partial charge >= 0.3 is 0 Å². The molecule has 1 aromatic rings. The lowest BCUT2D eigenvalue weighted by atomic mass is 9.61. The van der Waals surface area contributed by atoms with Gasteiger partial charge in [-0.3, -0.25) is 4.98 Å². The molecule has 0 unspecified atom stereocenters. The number of hydrogen-bond acceptors (Lipinski definition) is 2. The standard InChI is InChI=1S/C13H18N2/c1-9-2-3-13(15-7-9)11-6-10-4-5-14-8-12(10)11/h2-3,7,10-12,14H,4-6,8H2,1H3/t10-,11-,12-/m0/s1. The fourth-order valence-electron chi connectivity index (χ4n) is 3.04.